The van der Waals surface area contributed by atoms with Gasteiger partial charge >= 0.3 is 5.97 Å². The predicted octanol–water partition coefficient (Wildman–Crippen LogP) is 0.968. The molecular formula is C9H12N2O4S. The number of aromatic nitrogens is 2. The van der Waals surface area contributed by atoms with E-state index in [4.69, 9.17) is 14.4 Å². The zero-order chi connectivity index (χ0) is 11.4. The van der Waals surface area contributed by atoms with Gasteiger partial charge in [-0.25, -0.2) is 0 Å². The van der Waals surface area contributed by atoms with Crippen LogP contribution in [0.3, 0.4) is 0 Å². The molecule has 16 heavy (non-hydrogen) atoms. The molecule has 1 saturated heterocycles. The van der Waals surface area contributed by atoms with Gasteiger partial charge in [0.05, 0.1) is 6.10 Å². The van der Waals surface area contributed by atoms with Crippen LogP contribution in [0.15, 0.2) is 9.75 Å². The van der Waals surface area contributed by atoms with Crippen LogP contribution in [0.4, 0.5) is 0 Å². The van der Waals surface area contributed by atoms with E-state index in [9.17, 15) is 4.79 Å². The summed E-state index contributed by atoms with van der Waals surface area (Å²) in [6, 6.07) is 0. The van der Waals surface area contributed by atoms with Crippen LogP contribution in [0.1, 0.15) is 18.7 Å². The van der Waals surface area contributed by atoms with Crippen molar-refractivity contribution < 1.29 is 19.2 Å². The van der Waals surface area contributed by atoms with Crippen LogP contribution < -0.4 is 0 Å². The minimum Gasteiger partial charge on any atom is -0.481 e. The fourth-order valence-corrected chi connectivity index (χ4v) is 2.02. The molecular weight excluding hydrogens is 232 g/mol. The summed E-state index contributed by atoms with van der Waals surface area (Å²) in [6.45, 7) is 0.795. The second-order valence-electron chi connectivity index (χ2n) is 3.50. The number of ether oxygens (including phenoxy) is 1. The molecule has 6 nitrogen and oxygen atoms in total. The minimum atomic E-state index is -0.899. The van der Waals surface area contributed by atoms with Crippen molar-refractivity contribution in [2.75, 3.05) is 12.4 Å². The summed E-state index contributed by atoms with van der Waals surface area (Å²) in [5.41, 5.74) is 0. The first-order chi connectivity index (χ1) is 7.74. The van der Waals surface area contributed by atoms with Gasteiger partial charge in [0.1, 0.15) is 5.75 Å². The zero-order valence-corrected chi connectivity index (χ0v) is 9.40. The fourth-order valence-electron chi connectivity index (χ4n) is 1.51. The van der Waals surface area contributed by atoms with Gasteiger partial charge in [0.15, 0.2) is 5.82 Å². The van der Waals surface area contributed by atoms with Crippen molar-refractivity contribution in [2.45, 2.75) is 30.6 Å². The Hall–Kier alpha value is -1.08. The Bertz CT molecular complexity index is 362. The summed E-state index contributed by atoms with van der Waals surface area (Å²) in [5, 5.41) is 12.6. The second kappa shape index (κ2) is 5.31. The average Bonchev–Trinajstić information content (AvgIpc) is 2.87. The summed E-state index contributed by atoms with van der Waals surface area (Å²) in [6.07, 6.45) is 2.90. The molecule has 0 amide bonds. The highest BCUT2D eigenvalue weighted by Gasteiger charge is 2.19. The van der Waals surface area contributed by atoms with Gasteiger partial charge in [0, 0.05) is 13.0 Å². The van der Waals surface area contributed by atoms with Crippen molar-refractivity contribution in [3.8, 4) is 0 Å². The summed E-state index contributed by atoms with van der Waals surface area (Å²) >= 11 is 1.03. The van der Waals surface area contributed by atoms with Crippen LogP contribution in [0, 0.1) is 0 Å². The SMILES string of the molecule is O=C(O)CSc1nc(CC2CCCO2)no1. The van der Waals surface area contributed by atoms with E-state index in [1.54, 1.807) is 0 Å². The third-order valence-corrected chi connectivity index (χ3v) is 3.01. The first-order valence-electron chi connectivity index (χ1n) is 5.03. The van der Waals surface area contributed by atoms with E-state index in [0.29, 0.717) is 17.5 Å². The van der Waals surface area contributed by atoms with Crippen molar-refractivity contribution in [3.63, 3.8) is 0 Å². The van der Waals surface area contributed by atoms with Gasteiger partial charge in [-0.2, -0.15) is 4.98 Å². The molecule has 0 bridgehead atoms. The molecule has 1 aliphatic heterocycles. The lowest BCUT2D eigenvalue weighted by Crippen LogP contribution is -2.09. The van der Waals surface area contributed by atoms with Crippen molar-refractivity contribution in [2.24, 2.45) is 0 Å². The molecule has 0 radical (unpaired) electrons. The van der Waals surface area contributed by atoms with Crippen LogP contribution in [0.2, 0.25) is 0 Å². The molecule has 1 N–H and O–H groups in total. The molecule has 0 aromatic carbocycles. The zero-order valence-electron chi connectivity index (χ0n) is 8.59. The molecule has 1 aromatic rings. The van der Waals surface area contributed by atoms with E-state index in [0.717, 1.165) is 31.2 Å². The Balaban J connectivity index is 1.84. The van der Waals surface area contributed by atoms with Crippen molar-refractivity contribution in [1.82, 2.24) is 10.1 Å². The van der Waals surface area contributed by atoms with E-state index < -0.39 is 5.97 Å². The van der Waals surface area contributed by atoms with E-state index in [-0.39, 0.29) is 11.9 Å². The monoisotopic (exact) mass is 244 g/mol. The van der Waals surface area contributed by atoms with Gasteiger partial charge in [0.25, 0.3) is 5.22 Å². The Morgan fingerprint density at radius 2 is 2.50 bits per heavy atom. The maximum atomic E-state index is 10.3. The van der Waals surface area contributed by atoms with Gasteiger partial charge in [-0.3, -0.25) is 4.79 Å². The van der Waals surface area contributed by atoms with Crippen LogP contribution >= 0.6 is 11.8 Å². The molecule has 2 rings (SSSR count). The first kappa shape index (κ1) is 11.4. The number of hydrogen-bond acceptors (Lipinski definition) is 6. The molecule has 1 unspecified atom stereocenters. The predicted molar refractivity (Wildman–Crippen MR) is 55.3 cm³/mol. The first-order valence-corrected chi connectivity index (χ1v) is 6.01. The number of rotatable bonds is 5. The number of carbonyl (C=O) groups is 1. The lowest BCUT2D eigenvalue weighted by Gasteiger charge is -2.03. The molecule has 1 aromatic heterocycles. The van der Waals surface area contributed by atoms with E-state index >= 15 is 0 Å². The molecule has 2 heterocycles. The number of carboxylic acids is 1. The maximum Gasteiger partial charge on any atom is 0.314 e. The van der Waals surface area contributed by atoms with Gasteiger partial charge in [0.2, 0.25) is 0 Å². The third-order valence-electron chi connectivity index (χ3n) is 2.20. The maximum absolute atomic E-state index is 10.3. The van der Waals surface area contributed by atoms with Gasteiger partial charge in [-0.1, -0.05) is 16.9 Å². The lowest BCUT2D eigenvalue weighted by molar-refractivity contribution is -0.133. The van der Waals surface area contributed by atoms with Crippen molar-refractivity contribution in [1.29, 1.82) is 0 Å². The average molecular weight is 244 g/mol. The van der Waals surface area contributed by atoms with E-state index in [1.807, 2.05) is 0 Å². The molecule has 88 valence electrons. The third kappa shape index (κ3) is 3.21. The van der Waals surface area contributed by atoms with Crippen LogP contribution in [0.5, 0.6) is 0 Å². The molecule has 7 heteroatoms. The summed E-state index contributed by atoms with van der Waals surface area (Å²) in [4.78, 5) is 14.4. The molecule has 1 fully saturated rings. The van der Waals surface area contributed by atoms with Crippen molar-refractivity contribution in [3.05, 3.63) is 5.82 Å². The lowest BCUT2D eigenvalue weighted by atomic mass is 10.2. The summed E-state index contributed by atoms with van der Waals surface area (Å²) < 4.78 is 10.4. The normalized spacial score (nSPS) is 20.1. The van der Waals surface area contributed by atoms with Crippen LogP contribution in [-0.4, -0.2) is 39.7 Å². The highest BCUT2D eigenvalue weighted by Crippen LogP contribution is 2.18. The number of thioether (sulfide) groups is 1. The van der Waals surface area contributed by atoms with Gasteiger partial charge in [-0.05, 0) is 12.8 Å². The molecule has 0 aliphatic carbocycles. The Labute approximate surface area is 96.4 Å². The number of aliphatic carboxylic acids is 1. The summed E-state index contributed by atoms with van der Waals surface area (Å²) in [7, 11) is 0. The molecule has 1 atom stereocenters. The van der Waals surface area contributed by atoms with Gasteiger partial charge < -0.3 is 14.4 Å². The number of hydrogen-bond donors (Lipinski definition) is 1. The van der Waals surface area contributed by atoms with Crippen LogP contribution in [0.25, 0.3) is 0 Å². The Morgan fingerprint density at radius 3 is 3.19 bits per heavy atom. The Kier molecular flexibility index (Phi) is 3.79. The van der Waals surface area contributed by atoms with E-state index in [1.165, 1.54) is 0 Å². The summed E-state index contributed by atoms with van der Waals surface area (Å²) in [5.74, 6) is -0.384. The number of carboxylic acid groups (broad SMARTS) is 1. The Morgan fingerprint density at radius 1 is 1.62 bits per heavy atom. The standard InChI is InChI=1S/C9H12N2O4S/c12-8(13)5-16-9-10-7(11-15-9)4-6-2-1-3-14-6/h6H,1-5H2,(H,12,13). The molecule has 1 aliphatic rings. The van der Waals surface area contributed by atoms with Crippen molar-refractivity contribution >= 4 is 17.7 Å². The quantitative estimate of drug-likeness (QED) is 0.772. The smallest absolute Gasteiger partial charge is 0.314 e. The van der Waals surface area contributed by atoms with Crippen LogP contribution in [-0.2, 0) is 16.0 Å². The fraction of sp³-hybridized carbons (Fsp3) is 0.667. The van der Waals surface area contributed by atoms with Gasteiger partial charge in [-0.15, -0.1) is 0 Å². The minimum absolute atomic E-state index is 0.0679. The highest BCUT2D eigenvalue weighted by atomic mass is 32.2. The second-order valence-corrected chi connectivity index (χ2v) is 4.42. The topological polar surface area (TPSA) is 85.5 Å². The van der Waals surface area contributed by atoms with E-state index in [2.05, 4.69) is 10.1 Å². The largest absolute Gasteiger partial charge is 0.481 e. The molecule has 0 spiro atoms. The number of nitrogens with zero attached hydrogens (tertiary/aromatic N) is 2. The highest BCUT2D eigenvalue weighted by molar-refractivity contribution is 7.99. The molecule has 0 saturated carbocycles.